The molecule has 0 bridgehead atoms. The van der Waals surface area contributed by atoms with Crippen molar-refractivity contribution >= 4 is 12.0 Å². The summed E-state index contributed by atoms with van der Waals surface area (Å²) in [6, 6.07) is 5.48. The van der Waals surface area contributed by atoms with E-state index >= 15 is 0 Å². The fraction of sp³-hybridized carbons (Fsp3) is 0.579. The van der Waals surface area contributed by atoms with E-state index < -0.39 is 0 Å². The highest BCUT2D eigenvalue weighted by Gasteiger charge is 2.25. The number of carbonyl (C=O) groups excluding carboxylic acids is 2. The molecule has 0 spiro atoms. The van der Waals surface area contributed by atoms with E-state index in [0.717, 1.165) is 18.4 Å². The maximum atomic E-state index is 12.5. The smallest absolute Gasteiger partial charge is 0.409 e. The number of ether oxygens (including phenoxy) is 3. The molecule has 1 fully saturated rings. The highest BCUT2D eigenvalue weighted by Crippen LogP contribution is 2.27. The Morgan fingerprint density at radius 3 is 2.27 bits per heavy atom. The van der Waals surface area contributed by atoms with Gasteiger partial charge in [0.25, 0.3) is 0 Å². The maximum absolute atomic E-state index is 12.5. The van der Waals surface area contributed by atoms with E-state index in [-0.39, 0.29) is 12.0 Å². The van der Waals surface area contributed by atoms with Crippen LogP contribution in [0.2, 0.25) is 0 Å². The lowest BCUT2D eigenvalue weighted by atomic mass is 10.1. The Balaban J connectivity index is 1.84. The van der Waals surface area contributed by atoms with E-state index in [1.165, 1.54) is 0 Å². The number of unbranched alkanes of at least 4 members (excludes halogenated alkanes) is 1. The van der Waals surface area contributed by atoms with Crippen molar-refractivity contribution in [2.75, 3.05) is 47.0 Å². The molecular formula is C19H28N2O5. The van der Waals surface area contributed by atoms with Crippen molar-refractivity contribution in [3.8, 4) is 11.5 Å². The third kappa shape index (κ3) is 5.28. The maximum Gasteiger partial charge on any atom is 0.409 e. The summed E-state index contributed by atoms with van der Waals surface area (Å²) < 4.78 is 15.7. The molecule has 0 unspecified atom stereocenters. The van der Waals surface area contributed by atoms with Gasteiger partial charge in [-0.3, -0.25) is 4.79 Å². The summed E-state index contributed by atoms with van der Waals surface area (Å²) in [5.41, 5.74) is 0.869. The number of hydrogen-bond donors (Lipinski definition) is 0. The summed E-state index contributed by atoms with van der Waals surface area (Å²) in [6.07, 6.45) is 1.87. The summed E-state index contributed by atoms with van der Waals surface area (Å²) >= 11 is 0. The topological polar surface area (TPSA) is 68.3 Å². The second kappa shape index (κ2) is 9.89. The number of hydrogen-bond acceptors (Lipinski definition) is 5. The quantitative estimate of drug-likeness (QED) is 0.695. The molecule has 0 N–H and O–H groups in total. The SMILES string of the molecule is CCCCOC(=O)N1CCN(C(=O)Cc2ccc(OC)c(OC)c2)CC1. The van der Waals surface area contributed by atoms with Gasteiger partial charge in [-0.1, -0.05) is 19.4 Å². The molecule has 0 radical (unpaired) electrons. The lowest BCUT2D eigenvalue weighted by Gasteiger charge is -2.34. The van der Waals surface area contributed by atoms with Gasteiger partial charge < -0.3 is 24.0 Å². The number of rotatable bonds is 7. The van der Waals surface area contributed by atoms with Gasteiger partial charge in [-0.25, -0.2) is 4.79 Å². The largest absolute Gasteiger partial charge is 0.493 e. The van der Waals surface area contributed by atoms with Crippen molar-refractivity contribution in [2.24, 2.45) is 0 Å². The molecule has 1 aromatic carbocycles. The van der Waals surface area contributed by atoms with Crippen molar-refractivity contribution in [3.05, 3.63) is 23.8 Å². The van der Waals surface area contributed by atoms with Gasteiger partial charge in [-0.2, -0.15) is 0 Å². The normalized spacial score (nSPS) is 14.1. The van der Waals surface area contributed by atoms with Crippen LogP contribution in [0.25, 0.3) is 0 Å². The predicted molar refractivity (Wildman–Crippen MR) is 97.7 cm³/mol. The number of amides is 2. The summed E-state index contributed by atoms with van der Waals surface area (Å²) in [5, 5.41) is 0. The Morgan fingerprint density at radius 1 is 1.00 bits per heavy atom. The Morgan fingerprint density at radius 2 is 1.65 bits per heavy atom. The molecule has 26 heavy (non-hydrogen) atoms. The molecular weight excluding hydrogens is 336 g/mol. The first-order valence-electron chi connectivity index (χ1n) is 8.99. The van der Waals surface area contributed by atoms with Crippen LogP contribution >= 0.6 is 0 Å². The van der Waals surface area contributed by atoms with E-state index in [1.54, 1.807) is 30.1 Å². The fourth-order valence-corrected chi connectivity index (χ4v) is 2.81. The van der Waals surface area contributed by atoms with Crippen LogP contribution in [0.3, 0.4) is 0 Å². The van der Waals surface area contributed by atoms with Gasteiger partial charge >= 0.3 is 6.09 Å². The third-order valence-corrected chi connectivity index (χ3v) is 4.42. The highest BCUT2D eigenvalue weighted by atomic mass is 16.6. The van der Waals surface area contributed by atoms with Crippen LogP contribution in [0, 0.1) is 0 Å². The fourth-order valence-electron chi connectivity index (χ4n) is 2.81. The molecule has 1 heterocycles. The zero-order valence-corrected chi connectivity index (χ0v) is 15.8. The molecule has 1 aliphatic heterocycles. The average molecular weight is 364 g/mol. The number of methoxy groups -OCH3 is 2. The monoisotopic (exact) mass is 364 g/mol. The molecule has 0 aromatic heterocycles. The number of nitrogens with zero attached hydrogens (tertiary/aromatic N) is 2. The third-order valence-electron chi connectivity index (χ3n) is 4.42. The van der Waals surface area contributed by atoms with Gasteiger partial charge in [0, 0.05) is 26.2 Å². The van der Waals surface area contributed by atoms with Gasteiger partial charge in [0.2, 0.25) is 5.91 Å². The lowest BCUT2D eigenvalue weighted by Crippen LogP contribution is -2.51. The first-order chi connectivity index (χ1) is 12.6. The van der Waals surface area contributed by atoms with Crippen molar-refractivity contribution in [1.82, 2.24) is 9.80 Å². The van der Waals surface area contributed by atoms with E-state index in [1.807, 2.05) is 12.1 Å². The van der Waals surface area contributed by atoms with Crippen LogP contribution in [0.15, 0.2) is 18.2 Å². The minimum absolute atomic E-state index is 0.0382. The average Bonchev–Trinajstić information content (AvgIpc) is 2.68. The summed E-state index contributed by atoms with van der Waals surface area (Å²) in [6.45, 7) is 4.56. The van der Waals surface area contributed by atoms with E-state index in [9.17, 15) is 9.59 Å². The second-order valence-electron chi connectivity index (χ2n) is 6.20. The first-order valence-corrected chi connectivity index (χ1v) is 8.99. The van der Waals surface area contributed by atoms with Gasteiger partial charge in [0.15, 0.2) is 11.5 Å². The molecule has 2 rings (SSSR count). The Hall–Kier alpha value is -2.44. The molecule has 7 nitrogen and oxygen atoms in total. The van der Waals surface area contributed by atoms with Crippen molar-refractivity contribution in [3.63, 3.8) is 0 Å². The summed E-state index contributed by atoms with van der Waals surface area (Å²) in [7, 11) is 3.15. The zero-order chi connectivity index (χ0) is 18.9. The Labute approximate surface area is 154 Å². The lowest BCUT2D eigenvalue weighted by molar-refractivity contribution is -0.132. The first kappa shape index (κ1) is 19.9. The minimum atomic E-state index is -0.287. The van der Waals surface area contributed by atoms with Crippen LogP contribution in [0.4, 0.5) is 4.79 Å². The highest BCUT2D eigenvalue weighted by molar-refractivity contribution is 5.79. The van der Waals surface area contributed by atoms with Crippen LogP contribution in [0.5, 0.6) is 11.5 Å². The molecule has 0 atom stereocenters. The van der Waals surface area contributed by atoms with E-state index in [2.05, 4.69) is 6.92 Å². The molecule has 2 amide bonds. The van der Waals surface area contributed by atoms with Crippen molar-refractivity contribution in [2.45, 2.75) is 26.2 Å². The number of benzene rings is 1. The molecule has 7 heteroatoms. The molecule has 1 aliphatic rings. The summed E-state index contributed by atoms with van der Waals surface area (Å²) in [4.78, 5) is 27.9. The minimum Gasteiger partial charge on any atom is -0.493 e. The second-order valence-corrected chi connectivity index (χ2v) is 6.20. The molecule has 1 aromatic rings. The van der Waals surface area contributed by atoms with Crippen molar-refractivity contribution < 1.29 is 23.8 Å². The zero-order valence-electron chi connectivity index (χ0n) is 15.8. The molecule has 144 valence electrons. The Kier molecular flexibility index (Phi) is 7.56. The molecule has 0 saturated carbocycles. The molecule has 0 aliphatic carbocycles. The number of piperazine rings is 1. The van der Waals surface area contributed by atoms with Crippen molar-refractivity contribution in [1.29, 1.82) is 0 Å². The van der Waals surface area contributed by atoms with Gasteiger partial charge in [-0.05, 0) is 24.1 Å². The van der Waals surface area contributed by atoms with Gasteiger partial charge in [0.1, 0.15) is 0 Å². The predicted octanol–water partition coefficient (Wildman–Crippen LogP) is 2.33. The van der Waals surface area contributed by atoms with Crippen LogP contribution in [-0.2, 0) is 16.0 Å². The summed E-state index contributed by atoms with van der Waals surface area (Å²) in [5.74, 6) is 1.28. The Bertz CT molecular complexity index is 612. The molecule has 1 saturated heterocycles. The van der Waals surface area contributed by atoms with Gasteiger partial charge in [0.05, 0.1) is 27.2 Å². The standard InChI is InChI=1S/C19H28N2O5/c1-4-5-12-26-19(23)21-10-8-20(9-11-21)18(22)14-15-6-7-16(24-2)17(13-15)25-3/h6-7,13H,4-5,8-12,14H2,1-3H3. The van der Waals surface area contributed by atoms with Crippen LogP contribution in [-0.4, -0.2) is 68.8 Å². The van der Waals surface area contributed by atoms with E-state index in [4.69, 9.17) is 14.2 Å². The van der Waals surface area contributed by atoms with Crippen LogP contribution in [0.1, 0.15) is 25.3 Å². The van der Waals surface area contributed by atoms with Gasteiger partial charge in [-0.15, -0.1) is 0 Å². The van der Waals surface area contributed by atoms with E-state index in [0.29, 0.717) is 50.7 Å². The number of carbonyl (C=O) groups is 2. The van der Waals surface area contributed by atoms with Crippen LogP contribution < -0.4 is 9.47 Å².